The monoisotopic (exact) mass is 371 g/mol. The van der Waals surface area contributed by atoms with Crippen molar-refractivity contribution < 1.29 is 17.9 Å². The normalized spacial score (nSPS) is 17.8. The number of rotatable bonds is 4. The fourth-order valence-electron chi connectivity index (χ4n) is 1.84. The molecule has 0 saturated carbocycles. The molecule has 1 aliphatic rings. The molecule has 1 saturated heterocycles. The van der Waals surface area contributed by atoms with Crippen LogP contribution in [-0.4, -0.2) is 51.4 Å². The number of anilines is 1. The molecule has 1 amide bonds. The van der Waals surface area contributed by atoms with Crippen molar-refractivity contribution >= 4 is 46.2 Å². The van der Waals surface area contributed by atoms with E-state index in [2.05, 4.69) is 15.6 Å². The molecule has 2 heterocycles. The highest BCUT2D eigenvalue weighted by Crippen LogP contribution is 2.11. The van der Waals surface area contributed by atoms with Crippen LogP contribution in [0.2, 0.25) is 0 Å². The zero-order chi connectivity index (χ0) is 14.6. The van der Waals surface area contributed by atoms with Crippen LogP contribution in [0.5, 0.6) is 0 Å². The molecule has 1 unspecified atom stereocenters. The van der Waals surface area contributed by atoms with Crippen molar-refractivity contribution in [3.05, 3.63) is 18.3 Å². The molecule has 0 aliphatic carbocycles. The molecule has 10 heteroatoms. The van der Waals surface area contributed by atoms with E-state index in [1.165, 1.54) is 18.3 Å². The summed E-state index contributed by atoms with van der Waals surface area (Å²) in [5, 5.41) is 5.79. The average molecular weight is 372 g/mol. The van der Waals surface area contributed by atoms with Crippen molar-refractivity contribution in [1.82, 2.24) is 10.3 Å². The molecule has 22 heavy (non-hydrogen) atoms. The number of halogens is 2. The van der Waals surface area contributed by atoms with Gasteiger partial charge in [0.1, 0.15) is 0 Å². The van der Waals surface area contributed by atoms with E-state index in [0.29, 0.717) is 18.8 Å². The van der Waals surface area contributed by atoms with Crippen molar-refractivity contribution in [1.29, 1.82) is 0 Å². The molecule has 126 valence electrons. The van der Waals surface area contributed by atoms with Crippen molar-refractivity contribution in [2.24, 2.45) is 0 Å². The van der Waals surface area contributed by atoms with Crippen LogP contribution >= 0.6 is 24.8 Å². The first-order valence-electron chi connectivity index (χ1n) is 6.23. The summed E-state index contributed by atoms with van der Waals surface area (Å²) in [4.78, 5) is 15.6. The zero-order valence-electron chi connectivity index (χ0n) is 11.9. The highest BCUT2D eigenvalue weighted by atomic mass is 35.5. The Labute approximate surface area is 142 Å². The Kier molecular flexibility index (Phi) is 8.87. The van der Waals surface area contributed by atoms with Gasteiger partial charge in [0.2, 0.25) is 5.91 Å². The van der Waals surface area contributed by atoms with Gasteiger partial charge in [0.15, 0.2) is 14.9 Å². The Balaban J connectivity index is 0.00000220. The molecular weight excluding hydrogens is 353 g/mol. The lowest BCUT2D eigenvalue weighted by Crippen LogP contribution is -2.40. The van der Waals surface area contributed by atoms with E-state index in [1.54, 1.807) is 0 Å². The molecule has 1 atom stereocenters. The molecule has 0 bridgehead atoms. The van der Waals surface area contributed by atoms with E-state index in [4.69, 9.17) is 4.74 Å². The summed E-state index contributed by atoms with van der Waals surface area (Å²) in [5.41, 5.74) is 0.464. The van der Waals surface area contributed by atoms with Crippen LogP contribution in [0.15, 0.2) is 23.4 Å². The molecule has 7 nitrogen and oxygen atoms in total. The maximum atomic E-state index is 11.8. The second kappa shape index (κ2) is 9.26. The van der Waals surface area contributed by atoms with E-state index in [1.807, 2.05) is 0 Å². The number of morpholine rings is 1. The minimum Gasteiger partial charge on any atom is -0.375 e. The number of aromatic nitrogens is 1. The third-order valence-corrected chi connectivity index (χ3v) is 3.82. The summed E-state index contributed by atoms with van der Waals surface area (Å²) in [5.74, 6) is -0.187. The number of carbonyl (C=O) groups excluding carboxylic acids is 1. The number of nitrogens with one attached hydrogen (secondary N) is 2. The summed E-state index contributed by atoms with van der Waals surface area (Å²) in [7, 11) is -3.32. The number of pyridine rings is 1. The number of ether oxygens (including phenoxy) is 1. The number of hydrogen-bond donors (Lipinski definition) is 2. The Hall–Kier alpha value is -0.930. The number of carbonyl (C=O) groups is 1. The third-order valence-electron chi connectivity index (χ3n) is 2.82. The van der Waals surface area contributed by atoms with Crippen molar-refractivity contribution in [3.63, 3.8) is 0 Å². The van der Waals surface area contributed by atoms with Gasteiger partial charge in [0, 0.05) is 19.3 Å². The maximum absolute atomic E-state index is 11.8. The second-order valence-corrected chi connectivity index (χ2v) is 6.57. The third kappa shape index (κ3) is 6.45. The first kappa shape index (κ1) is 21.1. The molecule has 1 aromatic heterocycles. The topological polar surface area (TPSA) is 97.4 Å². The first-order chi connectivity index (χ1) is 9.45. The van der Waals surface area contributed by atoms with E-state index < -0.39 is 9.84 Å². The lowest BCUT2D eigenvalue weighted by molar-refractivity contribution is -0.119. The van der Waals surface area contributed by atoms with Gasteiger partial charge in [-0.25, -0.2) is 13.4 Å². The van der Waals surface area contributed by atoms with Crippen LogP contribution in [-0.2, 0) is 19.4 Å². The SMILES string of the molecule is CS(=O)(=O)c1ccc(NC(=O)CC2CNCCO2)cn1.Cl.Cl. The van der Waals surface area contributed by atoms with Crippen LogP contribution in [0, 0.1) is 0 Å². The molecule has 0 spiro atoms. The minimum atomic E-state index is -3.32. The van der Waals surface area contributed by atoms with Gasteiger partial charge in [-0.15, -0.1) is 24.8 Å². The second-order valence-electron chi connectivity index (χ2n) is 4.61. The first-order valence-corrected chi connectivity index (χ1v) is 8.12. The Morgan fingerprint density at radius 2 is 2.18 bits per heavy atom. The summed E-state index contributed by atoms with van der Waals surface area (Å²) in [6.45, 7) is 2.05. The highest BCUT2D eigenvalue weighted by molar-refractivity contribution is 7.90. The summed E-state index contributed by atoms with van der Waals surface area (Å²) in [6, 6.07) is 2.88. The minimum absolute atomic E-state index is 0. The Morgan fingerprint density at radius 1 is 1.45 bits per heavy atom. The van der Waals surface area contributed by atoms with Crippen LogP contribution in [0.25, 0.3) is 0 Å². The van der Waals surface area contributed by atoms with Crippen molar-refractivity contribution in [2.75, 3.05) is 31.3 Å². The molecular formula is C12H19Cl2N3O4S. The fraction of sp³-hybridized carbons (Fsp3) is 0.500. The summed E-state index contributed by atoms with van der Waals surface area (Å²) >= 11 is 0. The van der Waals surface area contributed by atoms with E-state index in [9.17, 15) is 13.2 Å². The lowest BCUT2D eigenvalue weighted by Gasteiger charge is -2.23. The van der Waals surface area contributed by atoms with Crippen LogP contribution in [0.1, 0.15) is 6.42 Å². The van der Waals surface area contributed by atoms with Gasteiger partial charge >= 0.3 is 0 Å². The van der Waals surface area contributed by atoms with Crippen molar-refractivity contribution in [3.8, 4) is 0 Å². The molecule has 0 radical (unpaired) electrons. The summed E-state index contributed by atoms with van der Waals surface area (Å²) in [6.07, 6.45) is 2.53. The van der Waals surface area contributed by atoms with E-state index in [0.717, 1.165) is 12.8 Å². The molecule has 2 rings (SSSR count). The van der Waals surface area contributed by atoms with Gasteiger partial charge in [-0.05, 0) is 12.1 Å². The van der Waals surface area contributed by atoms with Gasteiger partial charge < -0.3 is 15.4 Å². The van der Waals surface area contributed by atoms with Crippen molar-refractivity contribution in [2.45, 2.75) is 17.6 Å². The van der Waals surface area contributed by atoms with Gasteiger partial charge in [0.05, 0.1) is 31.0 Å². The maximum Gasteiger partial charge on any atom is 0.227 e. The van der Waals surface area contributed by atoms with E-state index >= 15 is 0 Å². The average Bonchev–Trinajstić information content (AvgIpc) is 2.39. The molecule has 1 aromatic rings. The summed E-state index contributed by atoms with van der Waals surface area (Å²) < 4.78 is 27.9. The lowest BCUT2D eigenvalue weighted by atomic mass is 10.2. The number of nitrogens with zero attached hydrogens (tertiary/aromatic N) is 1. The van der Waals surface area contributed by atoms with Crippen LogP contribution < -0.4 is 10.6 Å². The van der Waals surface area contributed by atoms with Gasteiger partial charge in [-0.2, -0.15) is 0 Å². The zero-order valence-corrected chi connectivity index (χ0v) is 14.4. The fourth-order valence-corrected chi connectivity index (χ4v) is 2.40. The number of sulfone groups is 1. The quantitative estimate of drug-likeness (QED) is 0.805. The van der Waals surface area contributed by atoms with Crippen LogP contribution in [0.3, 0.4) is 0 Å². The molecule has 2 N–H and O–H groups in total. The smallest absolute Gasteiger partial charge is 0.227 e. The number of hydrogen-bond acceptors (Lipinski definition) is 6. The molecule has 0 aromatic carbocycles. The highest BCUT2D eigenvalue weighted by Gasteiger charge is 2.17. The van der Waals surface area contributed by atoms with E-state index in [-0.39, 0.29) is 48.3 Å². The Bertz CT molecular complexity index is 575. The Morgan fingerprint density at radius 3 is 2.68 bits per heavy atom. The molecule has 1 fully saturated rings. The largest absolute Gasteiger partial charge is 0.375 e. The van der Waals surface area contributed by atoms with Gasteiger partial charge in [-0.1, -0.05) is 0 Å². The predicted octanol–water partition coefficient (Wildman–Crippen LogP) is 0.646. The molecule has 1 aliphatic heterocycles. The standard InChI is InChI=1S/C12H17N3O4S.2ClH/c1-20(17,18)12-3-2-9(7-14-12)15-11(16)6-10-8-13-4-5-19-10;;/h2-3,7,10,13H,4-6,8H2,1H3,(H,15,16);2*1H. The predicted molar refractivity (Wildman–Crippen MR) is 87.7 cm³/mol. The number of amides is 1. The van der Waals surface area contributed by atoms with Gasteiger partial charge in [-0.3, -0.25) is 4.79 Å². The van der Waals surface area contributed by atoms with Gasteiger partial charge in [0.25, 0.3) is 0 Å². The van der Waals surface area contributed by atoms with Crippen LogP contribution in [0.4, 0.5) is 5.69 Å².